The lowest BCUT2D eigenvalue weighted by Gasteiger charge is -2.24. The number of nitrogens with one attached hydrogen (secondary N) is 4. The fourth-order valence-electron chi connectivity index (χ4n) is 5.93. The van der Waals surface area contributed by atoms with Crippen LogP contribution in [0.25, 0.3) is 11.0 Å². The number of halogens is 1. The molecule has 0 spiro atoms. The molecule has 0 saturated carbocycles. The van der Waals surface area contributed by atoms with Crippen LogP contribution < -0.4 is 31.6 Å². The van der Waals surface area contributed by atoms with Crippen molar-refractivity contribution in [3.05, 3.63) is 107 Å². The van der Waals surface area contributed by atoms with E-state index in [1.54, 1.807) is 93.8 Å². The van der Waals surface area contributed by atoms with Crippen molar-refractivity contribution in [1.29, 1.82) is 0 Å². The molecule has 0 fully saturated rings. The van der Waals surface area contributed by atoms with Crippen LogP contribution in [0.5, 0.6) is 5.75 Å². The summed E-state index contributed by atoms with van der Waals surface area (Å²) in [6.07, 6.45) is 3.49. The van der Waals surface area contributed by atoms with Crippen LogP contribution in [0.15, 0.2) is 94.4 Å². The van der Waals surface area contributed by atoms with E-state index in [9.17, 15) is 28.8 Å². The van der Waals surface area contributed by atoms with Crippen LogP contribution >= 0.6 is 23.8 Å². The van der Waals surface area contributed by atoms with E-state index < -0.39 is 30.0 Å². The highest BCUT2D eigenvalue weighted by Gasteiger charge is 2.27. The second kappa shape index (κ2) is 21.0. The average Bonchev–Trinajstić information content (AvgIpc) is 3.54. The van der Waals surface area contributed by atoms with E-state index >= 15 is 0 Å². The molecule has 0 bridgehead atoms. The minimum atomic E-state index is -0.936. The highest BCUT2D eigenvalue weighted by molar-refractivity contribution is 7.80. The van der Waals surface area contributed by atoms with Gasteiger partial charge >= 0.3 is 6.09 Å². The van der Waals surface area contributed by atoms with Crippen LogP contribution in [-0.4, -0.2) is 71.3 Å². The van der Waals surface area contributed by atoms with Crippen LogP contribution in [0.1, 0.15) is 57.6 Å². The molecular weight excluding hydrogens is 812 g/mol. The number of hydrogen-bond acceptors (Lipinski definition) is 11. The second-order valence-electron chi connectivity index (χ2n) is 14.2. The molecule has 2 atom stereocenters. The molecule has 2 heterocycles. The molecule has 6 amide bonds. The minimum Gasteiger partial charge on any atom is -0.497 e. The number of fused-ring (bicyclic) bond motifs is 1. The Labute approximate surface area is 356 Å². The van der Waals surface area contributed by atoms with Gasteiger partial charge in [-0.05, 0) is 91.9 Å². The molecule has 1 aromatic heterocycles. The van der Waals surface area contributed by atoms with E-state index in [0.717, 1.165) is 4.90 Å². The maximum Gasteiger partial charge on any atom is 0.412 e. The van der Waals surface area contributed by atoms with Crippen molar-refractivity contribution < 1.29 is 42.7 Å². The van der Waals surface area contributed by atoms with E-state index in [1.807, 2.05) is 0 Å². The van der Waals surface area contributed by atoms with E-state index in [0.29, 0.717) is 63.5 Å². The molecule has 314 valence electrons. The minimum absolute atomic E-state index is 0.0112. The quantitative estimate of drug-likeness (QED) is 0.0556. The maximum absolute atomic E-state index is 13.1. The Hall–Kier alpha value is -6.39. The van der Waals surface area contributed by atoms with Crippen molar-refractivity contribution in [3.8, 4) is 5.75 Å². The number of carbonyl (C=O) groups is 6. The molecule has 0 radical (unpaired) electrons. The number of alkyl carbamates (subject to hydrolysis) is 1. The number of carbonyl (C=O) groups excluding carboxylic acids is 6. The zero-order valence-electron chi connectivity index (χ0n) is 33.4. The number of anilines is 1. The van der Waals surface area contributed by atoms with E-state index in [1.165, 1.54) is 19.1 Å². The molecule has 4 N–H and O–H groups in total. The highest BCUT2D eigenvalue weighted by Crippen LogP contribution is 2.21. The molecule has 0 saturated heterocycles. The largest absolute Gasteiger partial charge is 0.497 e. The number of imide groups is 1. The summed E-state index contributed by atoms with van der Waals surface area (Å²) in [7, 11) is 1.56. The normalized spacial score (nSPS) is 13.6. The number of unbranched alkanes of at least 4 members (excludes halogenated alkanes) is 2. The molecule has 4 aromatic rings. The second-order valence-corrected chi connectivity index (χ2v) is 15.0. The first-order valence-corrected chi connectivity index (χ1v) is 19.9. The number of ether oxygens (including phenoxy) is 2. The van der Waals surface area contributed by atoms with Gasteiger partial charge in [-0.15, -0.1) is 0 Å². The number of rotatable bonds is 17. The van der Waals surface area contributed by atoms with Crippen LogP contribution in [-0.2, 0) is 35.3 Å². The summed E-state index contributed by atoms with van der Waals surface area (Å²) < 4.78 is 16.7. The summed E-state index contributed by atoms with van der Waals surface area (Å²) >= 11 is 11.8. The standard InChI is InChI=1S/C43H45ClN6O9S/c1-25(2)38(48-35(51)8-6-5-7-21-50-36(52)19-20-37(50)53)40(55)45-26(3)39(54)46-30-12-9-27(10-13-30)24-58-43(56)49-42(60)33-23-28-22-29(44)11-18-34(28)59-41(33)47-31-14-16-32(57-4)17-15-31/h9-20,22-23,25-26,38H,5-8,21,24H2,1-4H3,(H,45,55)(H,46,54)(H,48,51)(H,49,56,60)/b47-41-/t26-,38+/m0/s1. The molecule has 60 heavy (non-hydrogen) atoms. The third-order valence-corrected chi connectivity index (χ3v) is 9.82. The Balaban J connectivity index is 1.08. The smallest absolute Gasteiger partial charge is 0.412 e. The summed E-state index contributed by atoms with van der Waals surface area (Å²) in [5, 5.41) is 11.9. The molecule has 15 nitrogen and oxygen atoms in total. The molecule has 3 aromatic carbocycles. The molecule has 5 rings (SSSR count). The van der Waals surface area contributed by atoms with Crippen LogP contribution in [0, 0.1) is 5.92 Å². The lowest BCUT2D eigenvalue weighted by Crippen LogP contribution is -2.53. The molecule has 1 aliphatic rings. The number of hydrogen-bond donors (Lipinski definition) is 4. The number of amides is 6. The van der Waals surface area contributed by atoms with Crippen LogP contribution in [0.4, 0.5) is 16.2 Å². The third kappa shape index (κ3) is 12.6. The van der Waals surface area contributed by atoms with E-state index in [4.69, 9.17) is 37.7 Å². The summed E-state index contributed by atoms with van der Waals surface area (Å²) in [5.74, 6) is -1.60. The van der Waals surface area contributed by atoms with Gasteiger partial charge in [-0.2, -0.15) is 0 Å². The fraction of sp³-hybridized carbons (Fsp3) is 0.302. The lowest BCUT2D eigenvalue weighted by molar-refractivity contribution is -0.137. The van der Waals surface area contributed by atoms with Gasteiger partial charge in [-0.25, -0.2) is 9.79 Å². The fourth-order valence-corrected chi connectivity index (χ4v) is 6.34. The number of nitrogens with zero attached hydrogens (tertiary/aromatic N) is 2. The van der Waals surface area contributed by atoms with Crippen molar-refractivity contribution in [3.63, 3.8) is 0 Å². The number of methoxy groups -OCH3 is 1. The molecule has 17 heteroatoms. The molecule has 1 aliphatic heterocycles. The van der Waals surface area contributed by atoms with Crippen molar-refractivity contribution in [2.45, 2.75) is 65.1 Å². The predicted octanol–water partition coefficient (Wildman–Crippen LogP) is 6.00. The van der Waals surface area contributed by atoms with Crippen molar-refractivity contribution in [2.24, 2.45) is 10.9 Å². The zero-order chi connectivity index (χ0) is 43.3. The van der Waals surface area contributed by atoms with Gasteiger partial charge in [0.05, 0.1) is 18.4 Å². The van der Waals surface area contributed by atoms with Crippen LogP contribution in [0.3, 0.4) is 0 Å². The number of benzene rings is 3. The van der Waals surface area contributed by atoms with Crippen LogP contribution in [0.2, 0.25) is 5.02 Å². The van der Waals surface area contributed by atoms with Crippen molar-refractivity contribution in [1.82, 2.24) is 20.9 Å². The Bertz CT molecular complexity index is 2350. The Morgan fingerprint density at radius 1 is 0.867 bits per heavy atom. The van der Waals surface area contributed by atoms with Gasteiger partial charge in [0.2, 0.25) is 23.3 Å². The van der Waals surface area contributed by atoms with Gasteiger partial charge in [0.15, 0.2) is 0 Å². The Morgan fingerprint density at radius 3 is 2.23 bits per heavy atom. The first kappa shape index (κ1) is 44.7. The van der Waals surface area contributed by atoms with E-state index in [2.05, 4.69) is 26.3 Å². The van der Waals surface area contributed by atoms with Gasteiger partial charge in [0.1, 0.15) is 35.0 Å². The topological polar surface area (TPSA) is 198 Å². The van der Waals surface area contributed by atoms with Gasteiger partial charge in [-0.1, -0.05) is 56.2 Å². The predicted molar refractivity (Wildman–Crippen MR) is 228 cm³/mol. The van der Waals surface area contributed by atoms with Gasteiger partial charge in [0, 0.05) is 41.2 Å². The first-order chi connectivity index (χ1) is 28.7. The zero-order valence-corrected chi connectivity index (χ0v) is 35.0. The Kier molecular flexibility index (Phi) is 15.7. The first-order valence-electron chi connectivity index (χ1n) is 19.1. The molecular formula is C43H45ClN6O9S. The summed E-state index contributed by atoms with van der Waals surface area (Å²) in [4.78, 5) is 80.7. The van der Waals surface area contributed by atoms with Gasteiger partial charge in [-0.3, -0.25) is 34.2 Å². The summed E-state index contributed by atoms with van der Waals surface area (Å²) in [6.45, 7) is 5.26. The lowest BCUT2D eigenvalue weighted by atomic mass is 10.0. The van der Waals surface area contributed by atoms with Gasteiger partial charge < -0.3 is 29.8 Å². The van der Waals surface area contributed by atoms with Gasteiger partial charge in [0.25, 0.3) is 11.8 Å². The molecule has 0 aliphatic carbocycles. The van der Waals surface area contributed by atoms with Crippen molar-refractivity contribution in [2.75, 3.05) is 19.0 Å². The average molecular weight is 857 g/mol. The Morgan fingerprint density at radius 2 is 1.57 bits per heavy atom. The summed E-state index contributed by atoms with van der Waals surface area (Å²) in [5.41, 5.74) is 2.61. The highest BCUT2D eigenvalue weighted by atomic mass is 35.5. The summed E-state index contributed by atoms with van der Waals surface area (Å²) in [6, 6.07) is 18.6. The monoisotopic (exact) mass is 856 g/mol. The maximum atomic E-state index is 13.1. The van der Waals surface area contributed by atoms with E-state index in [-0.39, 0.29) is 53.8 Å². The van der Waals surface area contributed by atoms with Crippen molar-refractivity contribution >= 4 is 86.8 Å². The SMILES string of the molecule is COc1ccc(/N=c2\oc3ccc(Cl)cc3cc2C(=S)NC(=O)OCc2ccc(NC(=O)[C@H](C)NC(=O)[C@H](NC(=O)CCCCCN3C(=O)C=CC3=O)C(C)C)cc2)cc1. The number of thiocarbonyl (C=S) groups is 1. The third-order valence-electron chi connectivity index (χ3n) is 9.27. The molecule has 0 unspecified atom stereocenters.